The molecule has 0 atom stereocenters. The molecule has 1 aliphatic heterocycles. The van der Waals surface area contributed by atoms with Crippen LogP contribution in [0.3, 0.4) is 0 Å². The Labute approximate surface area is 182 Å². The largest absolute Gasteiger partial charge is 0.313 e. The molecule has 3 heterocycles. The van der Waals surface area contributed by atoms with Crippen LogP contribution in [0.2, 0.25) is 0 Å². The first kappa shape index (κ1) is 19.5. The van der Waals surface area contributed by atoms with Gasteiger partial charge in [-0.1, -0.05) is 23.8 Å². The van der Waals surface area contributed by atoms with E-state index in [0.717, 1.165) is 30.6 Å². The number of benzene rings is 2. The molecule has 0 bridgehead atoms. The van der Waals surface area contributed by atoms with E-state index in [2.05, 4.69) is 76.2 Å². The summed E-state index contributed by atoms with van der Waals surface area (Å²) in [6.45, 7) is 5.70. The fraction of sp³-hybridized carbons (Fsp3) is 0.231. The number of amides is 1. The number of fused-ring (bicyclic) bond motifs is 3. The Hall–Kier alpha value is -3.44. The van der Waals surface area contributed by atoms with Crippen LogP contribution in [-0.2, 0) is 17.8 Å². The number of nitrogens with zero attached hydrogens (tertiary/aromatic N) is 3. The van der Waals surface area contributed by atoms with Gasteiger partial charge in [-0.05, 0) is 61.5 Å². The van der Waals surface area contributed by atoms with Crippen molar-refractivity contribution in [1.29, 1.82) is 0 Å². The van der Waals surface area contributed by atoms with Crippen LogP contribution in [0, 0.1) is 6.92 Å². The molecule has 1 N–H and O–H groups in total. The molecule has 0 radical (unpaired) electrons. The minimum Gasteiger partial charge on any atom is -0.313 e. The lowest BCUT2D eigenvalue weighted by atomic mass is 10.0. The van der Waals surface area contributed by atoms with Crippen LogP contribution < -0.4 is 5.32 Å². The zero-order valence-electron chi connectivity index (χ0n) is 18.1. The van der Waals surface area contributed by atoms with Gasteiger partial charge in [0.25, 0.3) is 0 Å². The number of aromatic nitrogens is 2. The lowest BCUT2D eigenvalue weighted by Gasteiger charge is -2.24. The fourth-order valence-corrected chi connectivity index (χ4v) is 4.55. The van der Waals surface area contributed by atoms with Crippen molar-refractivity contribution in [3.05, 3.63) is 77.6 Å². The van der Waals surface area contributed by atoms with E-state index in [4.69, 9.17) is 0 Å². The zero-order valence-corrected chi connectivity index (χ0v) is 18.1. The molecule has 2 aromatic carbocycles. The summed E-state index contributed by atoms with van der Waals surface area (Å²) in [7, 11) is 2.19. The summed E-state index contributed by atoms with van der Waals surface area (Å²) in [5.74, 6) is 0.449. The fourth-order valence-electron chi connectivity index (χ4n) is 4.55. The molecule has 5 heteroatoms. The molecule has 0 fully saturated rings. The number of carbonyl (C=O) groups is 1. The molecule has 1 amide bonds. The van der Waals surface area contributed by atoms with Gasteiger partial charge in [0, 0.05) is 55.0 Å². The van der Waals surface area contributed by atoms with Gasteiger partial charge < -0.3 is 14.8 Å². The topological polar surface area (TPSA) is 50.2 Å². The summed E-state index contributed by atoms with van der Waals surface area (Å²) in [6, 6.07) is 19.2. The van der Waals surface area contributed by atoms with Crippen LogP contribution in [0.15, 0.2) is 60.8 Å². The van der Waals surface area contributed by atoms with Gasteiger partial charge in [-0.3, -0.25) is 4.79 Å². The van der Waals surface area contributed by atoms with Crippen LogP contribution in [-0.4, -0.2) is 34.0 Å². The summed E-state index contributed by atoms with van der Waals surface area (Å²) in [4.78, 5) is 18.0. The molecule has 156 valence electrons. The van der Waals surface area contributed by atoms with Gasteiger partial charge in [0.15, 0.2) is 0 Å². The van der Waals surface area contributed by atoms with Crippen molar-refractivity contribution >= 4 is 22.6 Å². The van der Waals surface area contributed by atoms with E-state index in [1.165, 1.54) is 40.3 Å². The maximum atomic E-state index is 11.3. The lowest BCUT2D eigenvalue weighted by molar-refractivity contribution is -0.114. The maximum absolute atomic E-state index is 11.3. The molecular formula is C26H26N4O. The first-order chi connectivity index (χ1) is 15.0. The van der Waals surface area contributed by atoms with E-state index in [0.29, 0.717) is 5.82 Å². The number of anilines is 1. The maximum Gasteiger partial charge on any atom is 0.222 e. The molecule has 2 aromatic heterocycles. The van der Waals surface area contributed by atoms with Gasteiger partial charge in [-0.15, -0.1) is 0 Å². The SMILES string of the molecule is CC(=O)Nc1ccc(-c2cccc(-n3c4c(c5cc(C)ccc53)CN(C)CC4)c2)cn1. The smallest absolute Gasteiger partial charge is 0.222 e. The third kappa shape index (κ3) is 3.62. The molecule has 0 unspecified atom stereocenters. The number of hydrogen-bond acceptors (Lipinski definition) is 3. The monoisotopic (exact) mass is 410 g/mol. The van der Waals surface area contributed by atoms with E-state index in [1.54, 1.807) is 0 Å². The number of hydrogen-bond donors (Lipinski definition) is 1. The highest BCUT2D eigenvalue weighted by molar-refractivity contribution is 5.89. The Bertz CT molecular complexity index is 1290. The van der Waals surface area contributed by atoms with Gasteiger partial charge in [0.2, 0.25) is 5.91 Å². The third-order valence-electron chi connectivity index (χ3n) is 6.00. The van der Waals surface area contributed by atoms with Gasteiger partial charge in [0.05, 0.1) is 5.52 Å². The highest BCUT2D eigenvalue weighted by Gasteiger charge is 2.23. The quantitative estimate of drug-likeness (QED) is 0.520. The van der Waals surface area contributed by atoms with Crippen molar-refractivity contribution in [2.45, 2.75) is 26.8 Å². The van der Waals surface area contributed by atoms with E-state index >= 15 is 0 Å². The first-order valence-electron chi connectivity index (χ1n) is 10.7. The van der Waals surface area contributed by atoms with Crippen molar-refractivity contribution in [1.82, 2.24) is 14.5 Å². The molecule has 31 heavy (non-hydrogen) atoms. The molecule has 0 aliphatic carbocycles. The van der Waals surface area contributed by atoms with Gasteiger partial charge in [-0.25, -0.2) is 4.98 Å². The van der Waals surface area contributed by atoms with E-state index in [9.17, 15) is 4.79 Å². The summed E-state index contributed by atoms with van der Waals surface area (Å²) < 4.78 is 2.43. The molecule has 5 nitrogen and oxygen atoms in total. The molecule has 5 rings (SSSR count). The van der Waals surface area contributed by atoms with Crippen LogP contribution in [0.1, 0.15) is 23.7 Å². The molecular weight excluding hydrogens is 384 g/mol. The lowest BCUT2D eigenvalue weighted by Crippen LogP contribution is -2.27. The first-order valence-corrected chi connectivity index (χ1v) is 10.7. The Balaban J connectivity index is 1.61. The Kier molecular flexibility index (Phi) is 4.83. The average molecular weight is 411 g/mol. The molecule has 1 aliphatic rings. The van der Waals surface area contributed by atoms with Gasteiger partial charge in [0.1, 0.15) is 5.82 Å². The van der Waals surface area contributed by atoms with Crippen LogP contribution in [0.4, 0.5) is 5.82 Å². The summed E-state index contributed by atoms with van der Waals surface area (Å²) in [5.41, 5.74) is 8.71. The minimum atomic E-state index is -0.118. The average Bonchev–Trinajstić information content (AvgIpc) is 3.07. The minimum absolute atomic E-state index is 0.118. The Morgan fingerprint density at radius 3 is 2.71 bits per heavy atom. The van der Waals surface area contributed by atoms with Crippen molar-refractivity contribution in [3.63, 3.8) is 0 Å². The number of likely N-dealkylation sites (N-methyl/N-ethyl adjacent to an activating group) is 1. The second-order valence-corrected chi connectivity index (χ2v) is 8.43. The number of nitrogens with one attached hydrogen (secondary N) is 1. The second kappa shape index (κ2) is 7.67. The molecule has 4 aromatic rings. The summed E-state index contributed by atoms with van der Waals surface area (Å²) >= 11 is 0. The second-order valence-electron chi connectivity index (χ2n) is 8.43. The zero-order chi connectivity index (χ0) is 21.5. The van der Waals surface area contributed by atoms with Crippen LogP contribution in [0.25, 0.3) is 27.7 Å². The van der Waals surface area contributed by atoms with E-state index in [-0.39, 0.29) is 5.91 Å². The molecule has 0 saturated carbocycles. The highest BCUT2D eigenvalue weighted by atomic mass is 16.1. The predicted octanol–water partition coefficient (Wildman–Crippen LogP) is 4.95. The third-order valence-corrected chi connectivity index (χ3v) is 6.00. The van der Waals surface area contributed by atoms with Gasteiger partial charge >= 0.3 is 0 Å². The van der Waals surface area contributed by atoms with Crippen molar-refractivity contribution in [3.8, 4) is 16.8 Å². The van der Waals surface area contributed by atoms with E-state index < -0.39 is 0 Å². The van der Waals surface area contributed by atoms with Crippen LogP contribution in [0.5, 0.6) is 0 Å². The number of pyridine rings is 1. The van der Waals surface area contributed by atoms with E-state index in [1.807, 2.05) is 18.3 Å². The standard InChI is InChI=1S/C26H26N4O/c1-17-7-9-24-22(13-17)23-16-29(3)12-11-25(23)30(24)21-6-4-5-19(14-21)20-8-10-26(27-15-20)28-18(2)31/h4-10,13-15H,11-12,16H2,1-3H3,(H,27,28,31). The normalized spacial score (nSPS) is 13.9. The highest BCUT2D eigenvalue weighted by Crippen LogP contribution is 2.34. The van der Waals surface area contributed by atoms with Crippen molar-refractivity contribution in [2.75, 3.05) is 18.9 Å². The number of carbonyl (C=O) groups excluding carboxylic acids is 1. The Morgan fingerprint density at radius 2 is 1.94 bits per heavy atom. The van der Waals surface area contributed by atoms with Crippen molar-refractivity contribution in [2.24, 2.45) is 0 Å². The summed E-state index contributed by atoms with van der Waals surface area (Å²) in [6.07, 6.45) is 2.85. The van der Waals surface area contributed by atoms with Crippen molar-refractivity contribution < 1.29 is 4.79 Å². The van der Waals surface area contributed by atoms with Gasteiger partial charge in [-0.2, -0.15) is 0 Å². The molecule has 0 saturated heterocycles. The summed E-state index contributed by atoms with van der Waals surface area (Å²) in [5, 5.41) is 4.08. The Morgan fingerprint density at radius 1 is 1.06 bits per heavy atom. The number of rotatable bonds is 3. The number of aryl methyl sites for hydroxylation is 1. The van der Waals surface area contributed by atoms with Crippen LogP contribution >= 0.6 is 0 Å². The molecule has 0 spiro atoms. The predicted molar refractivity (Wildman–Crippen MR) is 126 cm³/mol.